The molecular formula is C37H30N2O5. The van der Waals surface area contributed by atoms with E-state index >= 15 is 0 Å². The number of nitrogens with zero attached hydrogens (tertiary/aromatic N) is 1. The number of aliphatic hydroxyl groups excluding tert-OH is 1. The fourth-order valence-electron chi connectivity index (χ4n) is 5.31. The second-order valence-corrected chi connectivity index (χ2v) is 10.6. The van der Waals surface area contributed by atoms with E-state index in [0.717, 1.165) is 22.5 Å². The van der Waals surface area contributed by atoms with Crippen molar-refractivity contribution in [1.82, 2.24) is 0 Å². The van der Waals surface area contributed by atoms with Gasteiger partial charge in [0.1, 0.15) is 23.9 Å². The SMILES string of the molecule is Cc1cc(/C(O)=C2/C(=O)C(=O)N(c3ccc(Nc4ccccc4)cc3)C2c2ccc(O)cc2)ccc1OCc1ccccc1. The second-order valence-electron chi connectivity index (χ2n) is 10.6. The van der Waals surface area contributed by atoms with E-state index in [4.69, 9.17) is 4.74 Å². The number of rotatable bonds is 8. The predicted molar refractivity (Wildman–Crippen MR) is 171 cm³/mol. The number of carbonyl (C=O) groups is 2. The van der Waals surface area contributed by atoms with Gasteiger partial charge in [0.25, 0.3) is 11.7 Å². The molecular weight excluding hydrogens is 552 g/mol. The minimum absolute atomic E-state index is 0.0375. The van der Waals surface area contributed by atoms with Gasteiger partial charge in [-0.1, -0.05) is 60.7 Å². The van der Waals surface area contributed by atoms with Crippen LogP contribution in [-0.4, -0.2) is 21.9 Å². The molecule has 3 N–H and O–H groups in total. The molecule has 44 heavy (non-hydrogen) atoms. The first-order valence-corrected chi connectivity index (χ1v) is 14.2. The molecule has 7 heteroatoms. The first-order chi connectivity index (χ1) is 21.4. The molecule has 0 spiro atoms. The monoisotopic (exact) mass is 582 g/mol. The number of hydrogen-bond acceptors (Lipinski definition) is 6. The first-order valence-electron chi connectivity index (χ1n) is 14.2. The summed E-state index contributed by atoms with van der Waals surface area (Å²) in [5.74, 6) is -1.15. The molecule has 0 aliphatic carbocycles. The Morgan fingerprint density at radius 2 is 1.43 bits per heavy atom. The largest absolute Gasteiger partial charge is 0.508 e. The number of anilines is 3. The van der Waals surface area contributed by atoms with Gasteiger partial charge in [0.15, 0.2) is 0 Å². The van der Waals surface area contributed by atoms with E-state index in [-0.39, 0.29) is 17.1 Å². The van der Waals surface area contributed by atoms with Crippen molar-refractivity contribution in [3.63, 3.8) is 0 Å². The van der Waals surface area contributed by atoms with Gasteiger partial charge >= 0.3 is 0 Å². The molecule has 5 aromatic rings. The van der Waals surface area contributed by atoms with Gasteiger partial charge in [-0.2, -0.15) is 0 Å². The van der Waals surface area contributed by atoms with E-state index in [1.54, 1.807) is 42.5 Å². The summed E-state index contributed by atoms with van der Waals surface area (Å²) in [6.45, 7) is 2.25. The van der Waals surface area contributed by atoms with Gasteiger partial charge in [-0.05, 0) is 90.3 Å². The maximum atomic E-state index is 13.6. The second kappa shape index (κ2) is 12.2. The van der Waals surface area contributed by atoms with Gasteiger partial charge in [0.2, 0.25) is 0 Å². The van der Waals surface area contributed by atoms with Gasteiger partial charge in [-0.25, -0.2) is 0 Å². The van der Waals surface area contributed by atoms with Gasteiger partial charge in [-0.3, -0.25) is 14.5 Å². The van der Waals surface area contributed by atoms with Gasteiger partial charge in [0, 0.05) is 22.6 Å². The molecule has 1 aliphatic heterocycles. The number of amides is 1. The summed E-state index contributed by atoms with van der Waals surface area (Å²) in [7, 11) is 0. The highest BCUT2D eigenvalue weighted by Crippen LogP contribution is 2.43. The number of ketones is 1. The Labute approximate surface area is 255 Å². The van der Waals surface area contributed by atoms with Crippen LogP contribution in [0.25, 0.3) is 5.76 Å². The van der Waals surface area contributed by atoms with Gasteiger partial charge < -0.3 is 20.3 Å². The Balaban J connectivity index is 1.35. The van der Waals surface area contributed by atoms with E-state index in [1.165, 1.54) is 17.0 Å². The van der Waals surface area contributed by atoms with E-state index in [9.17, 15) is 19.8 Å². The Morgan fingerprint density at radius 1 is 0.795 bits per heavy atom. The van der Waals surface area contributed by atoms with Crippen molar-refractivity contribution in [3.05, 3.63) is 155 Å². The number of hydrogen-bond donors (Lipinski definition) is 3. The molecule has 7 nitrogen and oxygen atoms in total. The predicted octanol–water partition coefficient (Wildman–Crippen LogP) is 7.65. The Hall–Kier alpha value is -5.82. The number of carbonyl (C=O) groups excluding carboxylic acids is 2. The third kappa shape index (κ3) is 5.76. The molecule has 0 radical (unpaired) electrons. The van der Waals surface area contributed by atoms with Crippen LogP contribution in [0.2, 0.25) is 0 Å². The highest BCUT2D eigenvalue weighted by Gasteiger charge is 2.47. The van der Waals surface area contributed by atoms with Crippen LogP contribution in [0.5, 0.6) is 11.5 Å². The van der Waals surface area contributed by atoms with Crippen LogP contribution in [0.3, 0.4) is 0 Å². The van der Waals surface area contributed by atoms with Gasteiger partial charge in [-0.15, -0.1) is 0 Å². The number of aromatic hydroxyl groups is 1. The molecule has 1 heterocycles. The van der Waals surface area contributed by atoms with E-state index < -0.39 is 17.7 Å². The van der Waals surface area contributed by atoms with Crippen LogP contribution in [0.15, 0.2) is 133 Å². The lowest BCUT2D eigenvalue weighted by Gasteiger charge is -2.26. The van der Waals surface area contributed by atoms with Crippen molar-refractivity contribution >= 4 is 34.5 Å². The van der Waals surface area contributed by atoms with Crippen molar-refractivity contribution in [3.8, 4) is 11.5 Å². The summed E-state index contributed by atoms with van der Waals surface area (Å²) in [5.41, 5.74) is 4.92. The molecule has 1 atom stereocenters. The maximum Gasteiger partial charge on any atom is 0.300 e. The number of benzene rings is 5. The quantitative estimate of drug-likeness (QED) is 0.0988. The molecule has 0 saturated carbocycles. The summed E-state index contributed by atoms with van der Waals surface area (Å²) in [6, 6.07) is 37.2. The Morgan fingerprint density at radius 3 is 2.09 bits per heavy atom. The highest BCUT2D eigenvalue weighted by atomic mass is 16.5. The molecule has 218 valence electrons. The van der Waals surface area contributed by atoms with Crippen LogP contribution in [0, 0.1) is 6.92 Å². The van der Waals surface area contributed by atoms with Crippen molar-refractivity contribution in [2.45, 2.75) is 19.6 Å². The summed E-state index contributed by atoms with van der Waals surface area (Å²) in [4.78, 5) is 28.5. The zero-order chi connectivity index (χ0) is 30.6. The van der Waals surface area contributed by atoms with Crippen LogP contribution < -0.4 is 15.0 Å². The third-order valence-electron chi connectivity index (χ3n) is 7.55. The molecule has 1 aliphatic rings. The molecule has 6 rings (SSSR count). The number of ether oxygens (including phenoxy) is 1. The first kappa shape index (κ1) is 28.3. The number of aryl methyl sites for hydroxylation is 1. The van der Waals surface area contributed by atoms with Gasteiger partial charge in [0.05, 0.1) is 11.6 Å². The number of phenols is 1. The maximum absolute atomic E-state index is 13.6. The number of phenolic OH excluding ortho intramolecular Hbond substituents is 1. The van der Waals surface area contributed by atoms with E-state index in [2.05, 4.69) is 5.32 Å². The number of nitrogens with one attached hydrogen (secondary N) is 1. The number of para-hydroxylation sites is 1. The standard InChI is InChI=1S/C37H30N2O5/c1-24-22-27(14-21-32(24)44-23-25-8-4-2-5-9-25)35(41)33-34(26-12-19-31(40)20-13-26)39(37(43)36(33)42)30-17-15-29(16-18-30)38-28-10-6-3-7-11-28/h2-22,34,38,40-41H,23H2,1H3/b35-33-. The van der Waals surface area contributed by atoms with E-state index in [1.807, 2.05) is 79.7 Å². The fourth-order valence-corrected chi connectivity index (χ4v) is 5.31. The lowest BCUT2D eigenvalue weighted by Crippen LogP contribution is -2.29. The average Bonchev–Trinajstić information content (AvgIpc) is 3.31. The van der Waals surface area contributed by atoms with Crippen molar-refractivity contribution < 1.29 is 24.5 Å². The summed E-state index contributed by atoms with van der Waals surface area (Å²) in [5, 5.41) is 24.8. The molecule has 1 amide bonds. The number of aliphatic hydroxyl groups is 1. The summed E-state index contributed by atoms with van der Waals surface area (Å²) in [6.07, 6.45) is 0. The molecule has 1 unspecified atom stereocenters. The topological polar surface area (TPSA) is 99.1 Å². The van der Waals surface area contributed by atoms with Crippen LogP contribution in [0.1, 0.15) is 28.3 Å². The molecule has 1 fully saturated rings. The van der Waals surface area contributed by atoms with E-state index in [0.29, 0.717) is 29.2 Å². The van der Waals surface area contributed by atoms with Crippen molar-refractivity contribution in [2.24, 2.45) is 0 Å². The molecule has 0 bridgehead atoms. The summed E-state index contributed by atoms with van der Waals surface area (Å²) >= 11 is 0. The Kier molecular flexibility index (Phi) is 7.84. The average molecular weight is 583 g/mol. The van der Waals surface area contributed by atoms with Crippen molar-refractivity contribution in [2.75, 3.05) is 10.2 Å². The molecule has 5 aromatic carbocycles. The number of Topliss-reactive ketones (excluding diaryl/α,β-unsaturated/α-hetero) is 1. The third-order valence-corrected chi connectivity index (χ3v) is 7.55. The van der Waals surface area contributed by atoms with Crippen LogP contribution in [0.4, 0.5) is 17.1 Å². The smallest absolute Gasteiger partial charge is 0.300 e. The van der Waals surface area contributed by atoms with Crippen LogP contribution in [-0.2, 0) is 16.2 Å². The highest BCUT2D eigenvalue weighted by molar-refractivity contribution is 6.51. The zero-order valence-corrected chi connectivity index (χ0v) is 24.0. The lowest BCUT2D eigenvalue weighted by molar-refractivity contribution is -0.132. The minimum Gasteiger partial charge on any atom is -0.508 e. The zero-order valence-electron chi connectivity index (χ0n) is 24.0. The molecule has 1 saturated heterocycles. The summed E-state index contributed by atoms with van der Waals surface area (Å²) < 4.78 is 5.99. The fraction of sp³-hybridized carbons (Fsp3) is 0.0811. The normalized spacial score (nSPS) is 15.8. The Bertz CT molecular complexity index is 1830. The minimum atomic E-state index is -0.919. The molecule has 0 aromatic heterocycles. The van der Waals surface area contributed by atoms with Crippen molar-refractivity contribution in [1.29, 1.82) is 0 Å². The lowest BCUT2D eigenvalue weighted by atomic mass is 9.94. The van der Waals surface area contributed by atoms with Crippen LogP contribution >= 0.6 is 0 Å².